The van der Waals surface area contributed by atoms with Gasteiger partial charge in [-0.3, -0.25) is 0 Å². The highest BCUT2D eigenvalue weighted by Gasteiger charge is 2.14. The zero-order valence-corrected chi connectivity index (χ0v) is 29.7. The average molecular weight is 708 g/mol. The van der Waals surface area contributed by atoms with Gasteiger partial charge in [-0.05, 0) is 53.6 Å². The van der Waals surface area contributed by atoms with E-state index >= 15 is 0 Å². The molecule has 0 fully saturated rings. The molecule has 9 rings (SSSR count). The molecule has 0 saturated carbocycles. The third-order valence-corrected chi connectivity index (χ3v) is 9.22. The molecule has 260 valence electrons. The van der Waals surface area contributed by atoms with E-state index in [1.54, 1.807) is 0 Å². The number of ether oxygens (including phenoxy) is 1. The summed E-state index contributed by atoms with van der Waals surface area (Å²) in [6, 6.07) is 66.7. The monoisotopic (exact) mass is 707 g/mol. The summed E-state index contributed by atoms with van der Waals surface area (Å²) < 4.78 is 6.35. The van der Waals surface area contributed by atoms with E-state index in [1.807, 2.05) is 146 Å². The Balaban J connectivity index is 0.960. The fourth-order valence-electron chi connectivity index (χ4n) is 6.39. The SMILES string of the molecule is c1ccc(-c2cc(-c3ccccc3)nc(-c3ccc(Oc4cccc(-c5ccc(-c6nc(-c7ccccc7)nc(-c7ccccc7)n6)cc5)c4)cc3)n2)cc1. The van der Waals surface area contributed by atoms with Gasteiger partial charge in [-0.1, -0.05) is 158 Å². The summed E-state index contributed by atoms with van der Waals surface area (Å²) in [6.45, 7) is 0. The van der Waals surface area contributed by atoms with Crippen LogP contribution in [0.3, 0.4) is 0 Å². The van der Waals surface area contributed by atoms with Crippen LogP contribution in [0.25, 0.3) is 79.2 Å². The van der Waals surface area contributed by atoms with E-state index in [1.165, 1.54) is 0 Å². The van der Waals surface area contributed by atoms with Gasteiger partial charge in [0, 0.05) is 33.4 Å². The highest BCUT2D eigenvalue weighted by Crippen LogP contribution is 2.32. The molecule has 0 aliphatic rings. The summed E-state index contributed by atoms with van der Waals surface area (Å²) in [6.07, 6.45) is 0. The van der Waals surface area contributed by atoms with Crippen molar-refractivity contribution in [3.63, 3.8) is 0 Å². The number of rotatable bonds is 9. The fraction of sp³-hybridized carbons (Fsp3) is 0. The molecule has 9 aromatic rings. The van der Waals surface area contributed by atoms with Gasteiger partial charge in [-0.25, -0.2) is 24.9 Å². The lowest BCUT2D eigenvalue weighted by Gasteiger charge is -2.11. The molecule has 0 unspecified atom stereocenters. The highest BCUT2D eigenvalue weighted by molar-refractivity contribution is 5.73. The van der Waals surface area contributed by atoms with Crippen molar-refractivity contribution in [3.8, 4) is 90.7 Å². The molecule has 0 amide bonds. The Morgan fingerprint density at radius 2 is 0.600 bits per heavy atom. The maximum absolute atomic E-state index is 6.35. The number of hydrogen-bond acceptors (Lipinski definition) is 6. The van der Waals surface area contributed by atoms with Crippen molar-refractivity contribution < 1.29 is 4.74 Å². The summed E-state index contributed by atoms with van der Waals surface area (Å²) in [5.41, 5.74) is 9.59. The van der Waals surface area contributed by atoms with Gasteiger partial charge in [0.15, 0.2) is 23.3 Å². The van der Waals surface area contributed by atoms with E-state index in [9.17, 15) is 0 Å². The molecule has 6 nitrogen and oxygen atoms in total. The molecular weight excluding hydrogens is 675 g/mol. The molecule has 0 aliphatic heterocycles. The van der Waals surface area contributed by atoms with Crippen LogP contribution in [0.4, 0.5) is 0 Å². The summed E-state index contributed by atoms with van der Waals surface area (Å²) >= 11 is 0. The van der Waals surface area contributed by atoms with Crippen molar-refractivity contribution in [2.45, 2.75) is 0 Å². The zero-order chi connectivity index (χ0) is 36.8. The van der Waals surface area contributed by atoms with Gasteiger partial charge in [-0.15, -0.1) is 0 Å². The van der Waals surface area contributed by atoms with Crippen LogP contribution in [0.1, 0.15) is 0 Å². The summed E-state index contributed by atoms with van der Waals surface area (Å²) in [7, 11) is 0. The van der Waals surface area contributed by atoms with Crippen LogP contribution in [0.15, 0.2) is 200 Å². The molecular formula is C49H33N5O. The molecule has 0 radical (unpaired) electrons. The lowest BCUT2D eigenvalue weighted by Crippen LogP contribution is -2.00. The number of nitrogens with zero attached hydrogens (tertiary/aromatic N) is 5. The van der Waals surface area contributed by atoms with Gasteiger partial charge in [0.05, 0.1) is 11.4 Å². The Morgan fingerprint density at radius 1 is 0.236 bits per heavy atom. The maximum atomic E-state index is 6.35. The Bertz CT molecular complexity index is 2570. The Morgan fingerprint density at radius 3 is 1.07 bits per heavy atom. The first-order valence-corrected chi connectivity index (χ1v) is 18.1. The van der Waals surface area contributed by atoms with Crippen LogP contribution in [-0.4, -0.2) is 24.9 Å². The van der Waals surface area contributed by atoms with Gasteiger partial charge < -0.3 is 4.74 Å². The number of aromatic nitrogens is 5. The van der Waals surface area contributed by atoms with Crippen molar-refractivity contribution in [1.29, 1.82) is 0 Å². The average Bonchev–Trinajstić information content (AvgIpc) is 3.28. The molecule has 7 aromatic carbocycles. The quantitative estimate of drug-likeness (QED) is 0.149. The van der Waals surface area contributed by atoms with E-state index in [0.29, 0.717) is 23.3 Å². The van der Waals surface area contributed by atoms with Crippen molar-refractivity contribution in [2.24, 2.45) is 0 Å². The van der Waals surface area contributed by atoms with E-state index in [0.717, 1.165) is 67.4 Å². The first-order valence-electron chi connectivity index (χ1n) is 18.1. The second-order valence-electron chi connectivity index (χ2n) is 13.0. The fourth-order valence-corrected chi connectivity index (χ4v) is 6.39. The third kappa shape index (κ3) is 7.52. The van der Waals surface area contributed by atoms with E-state index in [-0.39, 0.29) is 0 Å². The topological polar surface area (TPSA) is 73.7 Å². The molecule has 0 saturated heterocycles. The Labute approximate surface area is 319 Å². The minimum Gasteiger partial charge on any atom is -0.457 e. The lowest BCUT2D eigenvalue weighted by molar-refractivity contribution is 0.483. The standard InChI is InChI=1S/C49H33N5O/c1-5-14-35(15-6-1)44-33-45(36-16-7-2-8-17-36)51-46(50-44)40-28-30-42(31-29-40)55-43-23-13-22-41(32-43)34-24-26-39(27-25-34)49-53-47(37-18-9-3-10-19-37)52-48(54-49)38-20-11-4-12-21-38/h1-33H. The van der Waals surface area contributed by atoms with Crippen LogP contribution in [0.2, 0.25) is 0 Å². The largest absolute Gasteiger partial charge is 0.457 e. The molecule has 6 heteroatoms. The Hall–Kier alpha value is -7.57. The molecule has 2 heterocycles. The second kappa shape index (κ2) is 15.2. The van der Waals surface area contributed by atoms with Crippen LogP contribution in [-0.2, 0) is 0 Å². The molecule has 0 aliphatic carbocycles. The highest BCUT2D eigenvalue weighted by atomic mass is 16.5. The number of benzene rings is 7. The molecule has 0 bridgehead atoms. The minimum atomic E-state index is 0.619. The molecule has 0 atom stereocenters. The Kier molecular flexibility index (Phi) is 9.19. The zero-order valence-electron chi connectivity index (χ0n) is 29.7. The smallest absolute Gasteiger partial charge is 0.164 e. The van der Waals surface area contributed by atoms with Crippen LogP contribution in [0, 0.1) is 0 Å². The van der Waals surface area contributed by atoms with Gasteiger partial charge in [0.2, 0.25) is 0 Å². The van der Waals surface area contributed by atoms with Crippen molar-refractivity contribution in [1.82, 2.24) is 24.9 Å². The van der Waals surface area contributed by atoms with Crippen LogP contribution >= 0.6 is 0 Å². The lowest BCUT2D eigenvalue weighted by atomic mass is 10.0. The third-order valence-electron chi connectivity index (χ3n) is 9.22. The van der Waals surface area contributed by atoms with Crippen LogP contribution < -0.4 is 4.74 Å². The van der Waals surface area contributed by atoms with Gasteiger partial charge >= 0.3 is 0 Å². The predicted octanol–water partition coefficient (Wildman–Crippen LogP) is 12.1. The predicted molar refractivity (Wildman–Crippen MR) is 220 cm³/mol. The van der Waals surface area contributed by atoms with Crippen molar-refractivity contribution >= 4 is 0 Å². The summed E-state index contributed by atoms with van der Waals surface area (Å²) in [4.78, 5) is 24.5. The van der Waals surface area contributed by atoms with Gasteiger partial charge in [-0.2, -0.15) is 0 Å². The minimum absolute atomic E-state index is 0.619. The maximum Gasteiger partial charge on any atom is 0.164 e. The molecule has 2 aromatic heterocycles. The van der Waals surface area contributed by atoms with Crippen molar-refractivity contribution in [2.75, 3.05) is 0 Å². The number of hydrogen-bond donors (Lipinski definition) is 0. The van der Waals surface area contributed by atoms with E-state index in [2.05, 4.69) is 54.6 Å². The summed E-state index contributed by atoms with van der Waals surface area (Å²) in [5.74, 6) is 4.00. The normalized spacial score (nSPS) is 10.9. The van der Waals surface area contributed by atoms with Crippen molar-refractivity contribution in [3.05, 3.63) is 200 Å². The molecule has 0 N–H and O–H groups in total. The first-order chi connectivity index (χ1) is 27.2. The molecule has 55 heavy (non-hydrogen) atoms. The van der Waals surface area contributed by atoms with Gasteiger partial charge in [0.25, 0.3) is 0 Å². The van der Waals surface area contributed by atoms with E-state index < -0.39 is 0 Å². The first kappa shape index (κ1) is 33.3. The summed E-state index contributed by atoms with van der Waals surface area (Å²) in [5, 5.41) is 0. The molecule has 0 spiro atoms. The van der Waals surface area contributed by atoms with E-state index in [4.69, 9.17) is 29.7 Å². The van der Waals surface area contributed by atoms with Gasteiger partial charge in [0.1, 0.15) is 11.5 Å². The van der Waals surface area contributed by atoms with Crippen LogP contribution in [0.5, 0.6) is 11.5 Å². The second-order valence-corrected chi connectivity index (χ2v) is 13.0.